The molecule has 1 saturated carbocycles. The van der Waals surface area contributed by atoms with E-state index in [4.69, 9.17) is 14.6 Å². The molecular weight excluding hydrogens is 340 g/mol. The van der Waals surface area contributed by atoms with Gasteiger partial charge < -0.3 is 19.7 Å². The molecule has 0 saturated heterocycles. The topological polar surface area (TPSA) is 110 Å². The fourth-order valence-electron chi connectivity index (χ4n) is 3.01. The third-order valence-corrected chi connectivity index (χ3v) is 4.26. The van der Waals surface area contributed by atoms with Crippen LogP contribution in [0.2, 0.25) is 0 Å². The Hall–Kier alpha value is -2.33. The van der Waals surface area contributed by atoms with E-state index < -0.39 is 36.1 Å². The summed E-state index contributed by atoms with van der Waals surface area (Å²) in [6, 6.07) is 0. The molecule has 0 heterocycles. The van der Waals surface area contributed by atoms with Crippen molar-refractivity contribution in [1.29, 1.82) is 0 Å². The van der Waals surface area contributed by atoms with Crippen molar-refractivity contribution < 1.29 is 34.1 Å². The molecule has 144 valence electrons. The summed E-state index contributed by atoms with van der Waals surface area (Å²) in [7, 11) is 0. The fraction of sp³-hybridized carbons (Fsp3) is 0.632. The zero-order valence-electron chi connectivity index (χ0n) is 15.1. The van der Waals surface area contributed by atoms with E-state index in [0.29, 0.717) is 19.3 Å². The van der Waals surface area contributed by atoms with Crippen LogP contribution in [0.3, 0.4) is 0 Å². The number of aliphatic hydroxyl groups excluding tert-OH is 1. The molecule has 1 aliphatic rings. The molecular formula is C19H26O7. The summed E-state index contributed by atoms with van der Waals surface area (Å²) in [5, 5.41) is 19.2. The molecule has 0 aromatic heterocycles. The predicted octanol–water partition coefficient (Wildman–Crippen LogP) is 1.68. The van der Waals surface area contributed by atoms with Crippen LogP contribution in [-0.2, 0) is 23.9 Å². The summed E-state index contributed by atoms with van der Waals surface area (Å²) in [6.45, 7) is 3.89. The Labute approximate surface area is 153 Å². The van der Waals surface area contributed by atoms with Crippen LogP contribution in [0.4, 0.5) is 0 Å². The number of carboxylic acids is 1. The number of aliphatic carboxylic acids is 1. The van der Waals surface area contributed by atoms with E-state index in [9.17, 15) is 19.5 Å². The van der Waals surface area contributed by atoms with Gasteiger partial charge in [0.15, 0.2) is 0 Å². The van der Waals surface area contributed by atoms with E-state index in [1.807, 2.05) is 6.92 Å². The maximum Gasteiger partial charge on any atom is 0.306 e. The summed E-state index contributed by atoms with van der Waals surface area (Å²) >= 11 is 0. The van der Waals surface area contributed by atoms with Gasteiger partial charge in [0.05, 0.1) is 12.5 Å². The van der Waals surface area contributed by atoms with Crippen LogP contribution in [-0.4, -0.2) is 46.9 Å². The number of aliphatic hydroxyl groups is 1. The first-order valence-electron chi connectivity index (χ1n) is 8.75. The molecule has 0 bridgehead atoms. The van der Waals surface area contributed by atoms with Gasteiger partial charge in [0.25, 0.3) is 6.47 Å². The molecule has 5 atom stereocenters. The molecule has 0 radical (unpaired) electrons. The molecule has 0 unspecified atom stereocenters. The summed E-state index contributed by atoms with van der Waals surface area (Å²) in [5.74, 6) is 3.35. The number of hydrogen-bond donors (Lipinski definition) is 2. The van der Waals surface area contributed by atoms with Crippen molar-refractivity contribution in [1.82, 2.24) is 0 Å². The minimum absolute atomic E-state index is 0.167. The highest BCUT2D eigenvalue weighted by Crippen LogP contribution is 2.37. The molecule has 2 N–H and O–H groups in total. The SMILES string of the molecule is CCC#CC[C@@H](C=C[C@@H]1[C@@H](CC(=O)O)[C@@H](O)C[C@H]1OC=O)OC(=O)CC. The Morgan fingerprint density at radius 1 is 1.31 bits per heavy atom. The molecule has 0 amide bonds. The normalized spacial score (nSPS) is 26.0. The largest absolute Gasteiger partial charge is 0.481 e. The Morgan fingerprint density at radius 3 is 2.62 bits per heavy atom. The van der Waals surface area contributed by atoms with Crippen LogP contribution < -0.4 is 0 Å². The highest BCUT2D eigenvalue weighted by Gasteiger charge is 2.43. The number of ether oxygens (including phenoxy) is 2. The number of rotatable bonds is 9. The van der Waals surface area contributed by atoms with Gasteiger partial charge in [-0.1, -0.05) is 25.8 Å². The molecule has 0 spiro atoms. The highest BCUT2D eigenvalue weighted by atomic mass is 16.5. The zero-order valence-corrected chi connectivity index (χ0v) is 15.1. The van der Waals surface area contributed by atoms with Gasteiger partial charge in [0.2, 0.25) is 0 Å². The average Bonchev–Trinajstić information content (AvgIpc) is 2.87. The van der Waals surface area contributed by atoms with Gasteiger partial charge in [-0.05, 0) is 6.08 Å². The summed E-state index contributed by atoms with van der Waals surface area (Å²) in [6.07, 6.45) is 2.36. The van der Waals surface area contributed by atoms with Crippen LogP contribution in [0.25, 0.3) is 0 Å². The second-order valence-corrected chi connectivity index (χ2v) is 6.09. The molecule has 1 rings (SSSR count). The van der Waals surface area contributed by atoms with Gasteiger partial charge in [-0.2, -0.15) is 0 Å². The third kappa shape index (κ3) is 6.89. The zero-order chi connectivity index (χ0) is 19.5. The lowest BCUT2D eigenvalue weighted by atomic mass is 9.90. The van der Waals surface area contributed by atoms with Crippen LogP contribution in [0.1, 0.15) is 46.0 Å². The van der Waals surface area contributed by atoms with E-state index in [1.54, 1.807) is 19.1 Å². The summed E-state index contributed by atoms with van der Waals surface area (Å²) < 4.78 is 10.3. The van der Waals surface area contributed by atoms with E-state index in [1.165, 1.54) is 0 Å². The van der Waals surface area contributed by atoms with E-state index in [2.05, 4.69) is 11.8 Å². The standard InChI is InChI=1S/C19H26O7/c1-3-5-6-7-13(26-19(24)4-2)8-9-14-15(10-18(22)23)16(21)11-17(14)25-12-20/h8-9,12-17,21H,3-4,7,10-11H2,1-2H3,(H,22,23)/t13-,14+,15+,16-,17+/m0/s1. The van der Waals surface area contributed by atoms with Gasteiger partial charge in [-0.15, -0.1) is 5.92 Å². The Balaban J connectivity index is 2.96. The number of carboxylic acid groups (broad SMARTS) is 1. The van der Waals surface area contributed by atoms with E-state index in [-0.39, 0.29) is 25.2 Å². The van der Waals surface area contributed by atoms with Gasteiger partial charge >= 0.3 is 11.9 Å². The van der Waals surface area contributed by atoms with Crippen molar-refractivity contribution in [2.24, 2.45) is 11.8 Å². The maximum atomic E-state index is 11.6. The molecule has 7 heteroatoms. The highest BCUT2D eigenvalue weighted by molar-refractivity contribution is 5.69. The first-order chi connectivity index (χ1) is 12.4. The minimum Gasteiger partial charge on any atom is -0.481 e. The van der Waals surface area contributed by atoms with Crippen LogP contribution >= 0.6 is 0 Å². The first kappa shape index (κ1) is 21.7. The Morgan fingerprint density at radius 2 is 2.04 bits per heavy atom. The Kier molecular flexibility index (Phi) is 9.45. The lowest BCUT2D eigenvalue weighted by Gasteiger charge is -2.21. The van der Waals surface area contributed by atoms with Crippen molar-refractivity contribution in [2.75, 3.05) is 0 Å². The van der Waals surface area contributed by atoms with E-state index in [0.717, 1.165) is 0 Å². The predicted molar refractivity (Wildman–Crippen MR) is 92.8 cm³/mol. The maximum absolute atomic E-state index is 11.6. The summed E-state index contributed by atoms with van der Waals surface area (Å²) in [4.78, 5) is 33.4. The van der Waals surface area contributed by atoms with E-state index >= 15 is 0 Å². The second-order valence-electron chi connectivity index (χ2n) is 6.09. The second kappa shape index (κ2) is 11.3. The van der Waals surface area contributed by atoms with Gasteiger partial charge in [-0.25, -0.2) is 0 Å². The molecule has 0 aromatic carbocycles. The fourth-order valence-corrected chi connectivity index (χ4v) is 3.01. The monoisotopic (exact) mass is 366 g/mol. The quantitative estimate of drug-likeness (QED) is 0.276. The molecule has 1 aliphatic carbocycles. The van der Waals surface area contributed by atoms with Crippen LogP contribution in [0.15, 0.2) is 12.2 Å². The number of esters is 1. The third-order valence-electron chi connectivity index (χ3n) is 4.26. The Bertz CT molecular complexity index is 572. The molecule has 7 nitrogen and oxygen atoms in total. The molecule has 0 aliphatic heterocycles. The van der Waals surface area contributed by atoms with Crippen LogP contribution in [0.5, 0.6) is 0 Å². The molecule has 1 fully saturated rings. The van der Waals surface area contributed by atoms with Crippen molar-refractivity contribution in [3.63, 3.8) is 0 Å². The molecule has 26 heavy (non-hydrogen) atoms. The average molecular weight is 366 g/mol. The lowest BCUT2D eigenvalue weighted by molar-refractivity contribution is -0.146. The first-order valence-corrected chi connectivity index (χ1v) is 8.75. The van der Waals surface area contributed by atoms with Gasteiger partial charge in [0, 0.05) is 37.5 Å². The van der Waals surface area contributed by atoms with Gasteiger partial charge in [0.1, 0.15) is 12.2 Å². The van der Waals surface area contributed by atoms with Crippen molar-refractivity contribution in [3.05, 3.63) is 12.2 Å². The number of hydrogen-bond acceptors (Lipinski definition) is 6. The van der Waals surface area contributed by atoms with Crippen molar-refractivity contribution >= 4 is 18.4 Å². The summed E-state index contributed by atoms with van der Waals surface area (Å²) in [5.41, 5.74) is 0. The number of carbonyl (C=O) groups excluding carboxylic acids is 2. The minimum atomic E-state index is -1.04. The smallest absolute Gasteiger partial charge is 0.306 e. The van der Waals surface area contributed by atoms with Crippen LogP contribution in [0, 0.1) is 23.7 Å². The lowest BCUT2D eigenvalue weighted by Crippen LogP contribution is -2.25. The van der Waals surface area contributed by atoms with Crippen molar-refractivity contribution in [3.8, 4) is 11.8 Å². The number of carbonyl (C=O) groups is 3. The van der Waals surface area contributed by atoms with Crippen molar-refractivity contribution in [2.45, 2.75) is 64.3 Å². The molecule has 0 aromatic rings. The van der Waals surface area contributed by atoms with Gasteiger partial charge in [-0.3, -0.25) is 14.4 Å².